The molecule has 4 atom stereocenters. The number of amides is 2. The van der Waals surface area contributed by atoms with Crippen LogP contribution in [-0.4, -0.2) is 101 Å². The molecule has 5 rings (SSSR count). The zero-order valence-corrected chi connectivity index (χ0v) is 24.5. The van der Waals surface area contributed by atoms with Gasteiger partial charge < -0.3 is 25.8 Å². The number of phenols is 1. The highest BCUT2D eigenvalue weighted by Gasteiger charge is 2.51. The molecule has 13 nitrogen and oxygen atoms in total. The van der Waals surface area contributed by atoms with E-state index < -0.39 is 58.1 Å². The van der Waals surface area contributed by atoms with Gasteiger partial charge in [0.15, 0.2) is 29.5 Å². The lowest BCUT2D eigenvalue weighted by Crippen LogP contribution is -2.48. The fourth-order valence-corrected chi connectivity index (χ4v) is 6.19. The predicted octanol–water partition coefficient (Wildman–Crippen LogP) is 0.387. The van der Waals surface area contributed by atoms with Crippen molar-refractivity contribution < 1.29 is 33.9 Å². The van der Waals surface area contributed by atoms with Crippen LogP contribution in [0.4, 0.5) is 5.69 Å². The van der Waals surface area contributed by atoms with Crippen molar-refractivity contribution in [3.8, 4) is 5.75 Å². The van der Waals surface area contributed by atoms with E-state index in [1.54, 1.807) is 0 Å². The summed E-state index contributed by atoms with van der Waals surface area (Å²) in [5, 5.41) is 23.9. The molecule has 0 spiro atoms. The van der Waals surface area contributed by atoms with Gasteiger partial charge in [0, 0.05) is 44.6 Å². The van der Waals surface area contributed by atoms with Crippen molar-refractivity contribution in [3.05, 3.63) is 69.3 Å². The summed E-state index contributed by atoms with van der Waals surface area (Å²) in [7, 11) is 2.01. The first kappa shape index (κ1) is 31.2. The monoisotopic (exact) mass is 607 g/mol. The molecular formula is C31H37N5O8. The van der Waals surface area contributed by atoms with Crippen molar-refractivity contribution in [3.63, 3.8) is 0 Å². The second kappa shape index (κ2) is 13.2. The average Bonchev–Trinajstić information content (AvgIpc) is 3.69. The number of Topliss-reactive ketones (excluding diaryl/α,β-unsaturated/α-hetero) is 2. The Morgan fingerprint density at radius 1 is 1.07 bits per heavy atom. The zero-order valence-electron chi connectivity index (χ0n) is 24.5. The molecule has 0 aromatic heterocycles. The molecule has 2 fully saturated rings. The predicted molar refractivity (Wildman–Crippen MR) is 158 cm³/mol. The number of ether oxygens (including phenoxy) is 1. The summed E-state index contributed by atoms with van der Waals surface area (Å²) >= 11 is 0. The number of epoxide rings is 1. The molecule has 1 aliphatic carbocycles. The number of fused-ring (bicyclic) bond motifs is 1. The Morgan fingerprint density at radius 2 is 1.73 bits per heavy atom. The van der Waals surface area contributed by atoms with Crippen LogP contribution in [-0.2, 0) is 43.2 Å². The number of piperazine rings is 1. The first-order chi connectivity index (χ1) is 21.0. The molecule has 2 aliphatic heterocycles. The molecule has 0 radical (unpaired) electrons. The molecule has 44 heavy (non-hydrogen) atoms. The summed E-state index contributed by atoms with van der Waals surface area (Å²) in [6, 6.07) is 10.3. The Hall–Kier alpha value is -4.20. The van der Waals surface area contributed by atoms with E-state index in [4.69, 9.17) is 10.5 Å². The number of benzene rings is 2. The van der Waals surface area contributed by atoms with Crippen LogP contribution in [0.25, 0.3) is 0 Å². The highest BCUT2D eigenvalue weighted by molar-refractivity contribution is 5.99. The number of nitro groups is 1. The molecule has 13 heteroatoms. The normalized spacial score (nSPS) is 21.7. The number of primary amides is 1. The molecule has 3 aliphatic rings. The van der Waals surface area contributed by atoms with Gasteiger partial charge in [-0.05, 0) is 55.0 Å². The second-order valence-electron chi connectivity index (χ2n) is 12.0. The van der Waals surface area contributed by atoms with Crippen LogP contribution in [0.15, 0.2) is 42.5 Å². The van der Waals surface area contributed by atoms with Gasteiger partial charge >= 0.3 is 5.69 Å². The van der Waals surface area contributed by atoms with Gasteiger partial charge in [0.25, 0.3) is 5.91 Å². The number of rotatable bonds is 13. The number of nitrogens with one attached hydrogen (secondary N) is 1. The summed E-state index contributed by atoms with van der Waals surface area (Å²) in [4.78, 5) is 67.1. The summed E-state index contributed by atoms with van der Waals surface area (Å²) in [5.74, 6) is -3.50. The molecule has 2 saturated heterocycles. The lowest BCUT2D eigenvalue weighted by molar-refractivity contribution is -0.385. The maximum Gasteiger partial charge on any atom is 0.310 e. The number of nitro benzene ring substituents is 1. The third kappa shape index (κ3) is 7.29. The quantitative estimate of drug-likeness (QED) is 0.163. The fourth-order valence-electron chi connectivity index (χ4n) is 6.19. The number of phenolic OH excluding ortho intramolecular Hbond substituents is 1. The lowest BCUT2D eigenvalue weighted by atomic mass is 9.83. The Balaban J connectivity index is 1.28. The maximum atomic E-state index is 13.7. The summed E-state index contributed by atoms with van der Waals surface area (Å²) < 4.78 is 5.43. The second-order valence-corrected chi connectivity index (χ2v) is 12.0. The molecule has 234 valence electrons. The molecule has 4 N–H and O–H groups in total. The molecule has 0 bridgehead atoms. The Morgan fingerprint density at radius 3 is 2.34 bits per heavy atom. The van der Waals surface area contributed by atoms with Crippen molar-refractivity contribution in [2.45, 2.75) is 43.9 Å². The largest absolute Gasteiger partial charge is 0.502 e. The molecule has 1 unspecified atom stereocenters. The third-order valence-corrected chi connectivity index (χ3v) is 8.86. The highest BCUT2D eigenvalue weighted by Crippen LogP contribution is 2.34. The van der Waals surface area contributed by atoms with Gasteiger partial charge in [-0.1, -0.05) is 30.3 Å². The van der Waals surface area contributed by atoms with Crippen LogP contribution < -0.4 is 11.1 Å². The zero-order chi connectivity index (χ0) is 31.5. The minimum atomic E-state index is -1.19. The number of nitrogens with two attached hydrogens (primary N) is 1. The maximum absolute atomic E-state index is 13.7. The Bertz CT molecular complexity index is 1430. The van der Waals surface area contributed by atoms with Gasteiger partial charge in [-0.25, -0.2) is 0 Å². The number of ketones is 2. The topological polar surface area (TPSA) is 189 Å². The van der Waals surface area contributed by atoms with Gasteiger partial charge in [-0.15, -0.1) is 0 Å². The standard InChI is InChI=1S/C31H37N5O8/c1-34-8-10-35(11-9-34)17-27(39)28-29(44-28)31(41)33-23(12-18-6-7-25(37)24(13-18)36(42)43)26(38)16-22(30(32)40)21-14-19-4-2-3-5-20(19)15-21/h2-7,13,21-23,28-29,37H,8-12,14-17H2,1H3,(H2,32,40)(H,33,41)/t22-,23-,28-,29?/m1/s1. The molecule has 2 aromatic carbocycles. The van der Waals surface area contributed by atoms with Crippen LogP contribution in [0, 0.1) is 22.0 Å². The number of hydrogen-bond donors (Lipinski definition) is 3. The number of likely N-dealkylation sites (N-methyl/N-ethyl adjacent to an activating group) is 1. The molecule has 0 saturated carbocycles. The first-order valence-corrected chi connectivity index (χ1v) is 14.7. The smallest absolute Gasteiger partial charge is 0.310 e. The summed E-state index contributed by atoms with van der Waals surface area (Å²) in [6.07, 6.45) is -1.19. The summed E-state index contributed by atoms with van der Waals surface area (Å²) in [5.41, 5.74) is 7.73. The first-order valence-electron chi connectivity index (χ1n) is 14.7. The van der Waals surface area contributed by atoms with Crippen LogP contribution in [0.5, 0.6) is 5.75 Å². The third-order valence-electron chi connectivity index (χ3n) is 8.86. The average molecular weight is 608 g/mol. The summed E-state index contributed by atoms with van der Waals surface area (Å²) in [6.45, 7) is 3.29. The highest BCUT2D eigenvalue weighted by atomic mass is 16.6. The van der Waals surface area contributed by atoms with Crippen LogP contribution in [0.3, 0.4) is 0 Å². The van der Waals surface area contributed by atoms with E-state index in [-0.39, 0.29) is 31.1 Å². The number of hydrogen-bond acceptors (Lipinski definition) is 10. The van der Waals surface area contributed by atoms with Gasteiger partial charge in [-0.2, -0.15) is 0 Å². The van der Waals surface area contributed by atoms with E-state index in [0.717, 1.165) is 49.4 Å². The van der Waals surface area contributed by atoms with E-state index >= 15 is 0 Å². The van der Waals surface area contributed by atoms with Gasteiger partial charge in [-0.3, -0.25) is 34.2 Å². The number of aromatic hydroxyl groups is 1. The van der Waals surface area contributed by atoms with E-state index in [0.29, 0.717) is 18.4 Å². The van der Waals surface area contributed by atoms with Crippen molar-refractivity contribution in [2.75, 3.05) is 39.8 Å². The van der Waals surface area contributed by atoms with E-state index in [2.05, 4.69) is 10.2 Å². The molecular weight excluding hydrogens is 570 g/mol. The van der Waals surface area contributed by atoms with Crippen molar-refractivity contribution >= 4 is 29.1 Å². The number of carbonyl (C=O) groups is 4. The van der Waals surface area contributed by atoms with Crippen molar-refractivity contribution in [2.24, 2.45) is 17.6 Å². The SMILES string of the molecule is CN1CCN(CC(=O)[C@H]2OC2C(=O)N[C@H](Cc2ccc(O)c([N+](=O)[O-])c2)C(=O)C[C@@H](C(N)=O)C2Cc3ccccc3C2)CC1. The van der Waals surface area contributed by atoms with E-state index in [1.165, 1.54) is 6.07 Å². The van der Waals surface area contributed by atoms with Crippen LogP contribution >= 0.6 is 0 Å². The lowest BCUT2D eigenvalue weighted by Gasteiger charge is -2.31. The Kier molecular flexibility index (Phi) is 9.37. The number of nitrogens with zero attached hydrogens (tertiary/aromatic N) is 3. The van der Waals surface area contributed by atoms with E-state index in [9.17, 15) is 34.4 Å². The van der Waals surface area contributed by atoms with Crippen LogP contribution in [0.1, 0.15) is 23.1 Å². The fraction of sp³-hybridized carbons (Fsp3) is 0.484. The van der Waals surface area contributed by atoms with Crippen molar-refractivity contribution in [1.29, 1.82) is 0 Å². The molecule has 2 aromatic rings. The van der Waals surface area contributed by atoms with Gasteiger partial charge in [0.05, 0.1) is 17.5 Å². The minimum Gasteiger partial charge on any atom is -0.502 e. The minimum absolute atomic E-state index is 0.144. The van der Waals surface area contributed by atoms with Crippen LogP contribution in [0.2, 0.25) is 0 Å². The van der Waals surface area contributed by atoms with E-state index in [1.807, 2.05) is 36.2 Å². The number of carbonyl (C=O) groups excluding carboxylic acids is 4. The Labute approximate surface area is 254 Å². The molecule has 2 heterocycles. The van der Waals surface area contributed by atoms with Gasteiger partial charge in [0.1, 0.15) is 0 Å². The van der Waals surface area contributed by atoms with Crippen molar-refractivity contribution in [1.82, 2.24) is 15.1 Å². The van der Waals surface area contributed by atoms with Gasteiger partial charge in [0.2, 0.25) is 5.91 Å². The molecule has 2 amide bonds.